The van der Waals surface area contributed by atoms with Crippen LogP contribution in [0.5, 0.6) is 0 Å². The van der Waals surface area contributed by atoms with E-state index in [2.05, 4.69) is 0 Å². The molecule has 0 aliphatic carbocycles. The van der Waals surface area contributed by atoms with E-state index < -0.39 is 5.97 Å². The summed E-state index contributed by atoms with van der Waals surface area (Å²) < 4.78 is 1.31. The molecule has 6 nitrogen and oxygen atoms in total. The molecule has 2 aromatic rings. The Bertz CT molecular complexity index is 676. The third-order valence-electron chi connectivity index (χ3n) is 2.86. The van der Waals surface area contributed by atoms with Gasteiger partial charge in [-0.1, -0.05) is 12.1 Å². The number of aromatic nitrogens is 2. The first kappa shape index (κ1) is 12.1. The molecule has 0 atom stereocenters. The van der Waals surface area contributed by atoms with E-state index in [0.717, 1.165) is 0 Å². The molecule has 0 saturated carbocycles. The first-order chi connectivity index (χ1) is 8.52. The number of para-hydroxylation sites is 2. The zero-order valence-electron chi connectivity index (χ0n) is 9.79. The molecule has 0 unspecified atom stereocenters. The van der Waals surface area contributed by atoms with Crippen molar-refractivity contribution >= 4 is 17.0 Å². The van der Waals surface area contributed by atoms with Crippen molar-refractivity contribution in [1.82, 2.24) is 4.73 Å². The number of hydrogen-bond donors (Lipinski definition) is 1. The van der Waals surface area contributed by atoms with Gasteiger partial charge in [0.2, 0.25) is 0 Å². The van der Waals surface area contributed by atoms with Gasteiger partial charge in [0, 0.05) is 17.4 Å². The Morgan fingerprint density at radius 2 is 2.11 bits per heavy atom. The highest BCUT2D eigenvalue weighted by atomic mass is 16.5. The lowest BCUT2D eigenvalue weighted by Crippen LogP contribution is -2.27. The third-order valence-corrected chi connectivity index (χ3v) is 2.86. The van der Waals surface area contributed by atoms with Crippen molar-refractivity contribution in [3.8, 4) is 0 Å². The van der Waals surface area contributed by atoms with Crippen LogP contribution in [0.2, 0.25) is 0 Å². The largest absolute Gasteiger partial charge is 0.805 e. The lowest BCUT2D eigenvalue weighted by molar-refractivity contribution is -0.476. The summed E-state index contributed by atoms with van der Waals surface area (Å²) in [5.74, 6) is -1.000. The molecule has 0 amide bonds. The Morgan fingerprint density at radius 3 is 2.78 bits per heavy atom. The van der Waals surface area contributed by atoms with Gasteiger partial charge in [-0.3, -0.25) is 4.79 Å². The lowest BCUT2D eigenvalue weighted by Gasteiger charge is -2.16. The number of carbonyl (C=O) groups is 1. The molecule has 0 saturated heterocycles. The quantitative estimate of drug-likeness (QED) is 0.827. The fourth-order valence-corrected chi connectivity index (χ4v) is 1.91. The van der Waals surface area contributed by atoms with Gasteiger partial charge in [0.25, 0.3) is 11.2 Å². The average Bonchev–Trinajstić information content (AvgIpc) is 2.36. The molecule has 0 aliphatic heterocycles. The van der Waals surface area contributed by atoms with Crippen molar-refractivity contribution in [2.45, 2.75) is 19.8 Å². The van der Waals surface area contributed by atoms with Crippen molar-refractivity contribution in [1.29, 1.82) is 0 Å². The van der Waals surface area contributed by atoms with Crippen LogP contribution in [0.4, 0.5) is 0 Å². The normalized spacial score (nSPS) is 10.7. The predicted octanol–water partition coefficient (Wildman–Crippen LogP) is 1.23. The maximum absolute atomic E-state index is 12.1. The van der Waals surface area contributed by atoms with E-state index in [4.69, 9.17) is 5.11 Å². The van der Waals surface area contributed by atoms with E-state index >= 15 is 0 Å². The van der Waals surface area contributed by atoms with Gasteiger partial charge in [0.05, 0.1) is 16.5 Å². The summed E-state index contributed by atoms with van der Waals surface area (Å²) in [6.45, 7) is 1.52. The molecule has 1 N–H and O–H groups in total. The summed E-state index contributed by atoms with van der Waals surface area (Å²) in [7, 11) is 0. The van der Waals surface area contributed by atoms with Gasteiger partial charge in [-0.15, -0.1) is 0 Å². The van der Waals surface area contributed by atoms with Gasteiger partial charge in [0.15, 0.2) is 0 Å². The van der Waals surface area contributed by atoms with Gasteiger partial charge < -0.3 is 15.0 Å². The SMILES string of the molecule is Cc1c(CCC(=O)O)[n+](=O)c2ccccc2n1[O-]. The zero-order valence-corrected chi connectivity index (χ0v) is 9.79. The van der Waals surface area contributed by atoms with Crippen LogP contribution in [-0.2, 0) is 11.2 Å². The Morgan fingerprint density at radius 1 is 1.44 bits per heavy atom. The van der Waals surface area contributed by atoms with Crippen molar-refractivity contribution in [2.75, 3.05) is 0 Å². The van der Waals surface area contributed by atoms with Crippen LogP contribution in [-0.4, -0.2) is 15.8 Å². The standard InChI is InChI=1S/C12H12N2O4/c1-8-9(6-7-12(15)16)14(18)11-5-3-2-4-10(11)13(8)17/h2-5H,6-7H2,1H3,(H,15,16). The second kappa shape index (κ2) is 4.48. The van der Waals surface area contributed by atoms with Crippen molar-refractivity contribution in [2.24, 2.45) is 0 Å². The van der Waals surface area contributed by atoms with E-state index in [0.29, 0.717) is 9.16 Å². The minimum absolute atomic E-state index is 0.0394. The third kappa shape index (κ3) is 1.92. The van der Waals surface area contributed by atoms with Crippen LogP contribution in [0.3, 0.4) is 0 Å². The number of carboxylic acids is 1. The first-order valence-corrected chi connectivity index (χ1v) is 5.47. The van der Waals surface area contributed by atoms with E-state index in [1.807, 2.05) is 0 Å². The highest BCUT2D eigenvalue weighted by Gasteiger charge is 2.20. The van der Waals surface area contributed by atoms with Crippen LogP contribution in [0.1, 0.15) is 17.8 Å². The van der Waals surface area contributed by atoms with Crippen molar-refractivity contribution in [3.63, 3.8) is 0 Å². The van der Waals surface area contributed by atoms with Gasteiger partial charge in [-0.2, -0.15) is 0 Å². The zero-order chi connectivity index (χ0) is 13.3. The molecule has 6 heteroatoms. The Kier molecular flexibility index (Phi) is 3.01. The van der Waals surface area contributed by atoms with Crippen LogP contribution in [0, 0.1) is 17.0 Å². The van der Waals surface area contributed by atoms with Crippen LogP contribution >= 0.6 is 0 Å². The smallest absolute Gasteiger partial charge is 0.303 e. The predicted molar refractivity (Wildman–Crippen MR) is 64.8 cm³/mol. The minimum Gasteiger partial charge on any atom is -0.805 e. The van der Waals surface area contributed by atoms with E-state index in [1.165, 1.54) is 6.92 Å². The molecule has 1 heterocycles. The number of fused-ring (bicyclic) bond motifs is 1. The summed E-state index contributed by atoms with van der Waals surface area (Å²) in [6.07, 6.45) is -0.140. The topological polar surface area (TPSA) is 88.3 Å². The van der Waals surface area contributed by atoms with E-state index in [9.17, 15) is 14.9 Å². The summed E-state index contributed by atoms with van der Waals surface area (Å²) in [4.78, 5) is 22.6. The molecule has 1 aromatic carbocycles. The Balaban J connectivity index is 2.67. The van der Waals surface area contributed by atoms with Crippen LogP contribution < -0.4 is 4.43 Å². The minimum atomic E-state index is -1.000. The Labute approximate surface area is 102 Å². The van der Waals surface area contributed by atoms with Gasteiger partial charge in [0.1, 0.15) is 5.52 Å². The summed E-state index contributed by atoms with van der Waals surface area (Å²) >= 11 is 0. The number of aliphatic carboxylic acids is 1. The molecule has 0 spiro atoms. The fraction of sp³-hybridized carbons (Fsp3) is 0.250. The molecule has 0 bridgehead atoms. The van der Waals surface area contributed by atoms with Crippen LogP contribution in [0.15, 0.2) is 24.3 Å². The highest BCUT2D eigenvalue weighted by Crippen LogP contribution is 2.14. The van der Waals surface area contributed by atoms with E-state index in [1.54, 1.807) is 24.3 Å². The molecule has 1 aromatic heterocycles. The van der Waals surface area contributed by atoms with Gasteiger partial charge in [-0.05, 0) is 13.0 Å². The Hall–Kier alpha value is -2.37. The lowest BCUT2D eigenvalue weighted by atomic mass is 10.2. The molecule has 0 radical (unpaired) electrons. The molecule has 0 aliphatic rings. The number of rotatable bonds is 3. The first-order valence-electron chi connectivity index (χ1n) is 5.47. The highest BCUT2D eigenvalue weighted by molar-refractivity contribution is 5.72. The van der Waals surface area contributed by atoms with Gasteiger partial charge in [-0.25, -0.2) is 0 Å². The molecule has 0 fully saturated rings. The van der Waals surface area contributed by atoms with Crippen molar-refractivity contribution in [3.05, 3.63) is 45.8 Å². The number of benzene rings is 1. The maximum atomic E-state index is 12.1. The second-order valence-electron chi connectivity index (χ2n) is 4.00. The molecular weight excluding hydrogens is 236 g/mol. The number of nitrogens with zero attached hydrogens (tertiary/aromatic N) is 2. The monoisotopic (exact) mass is 248 g/mol. The summed E-state index contributed by atoms with van der Waals surface area (Å²) in [5, 5.41) is 20.6. The van der Waals surface area contributed by atoms with Crippen LogP contribution in [0.25, 0.3) is 11.0 Å². The second-order valence-corrected chi connectivity index (χ2v) is 4.00. The maximum Gasteiger partial charge on any atom is 0.303 e. The number of carboxylic acid groups (broad SMARTS) is 1. The molecular formula is C12H12N2O4. The average molecular weight is 248 g/mol. The van der Waals surface area contributed by atoms with E-state index in [-0.39, 0.29) is 35.3 Å². The molecule has 18 heavy (non-hydrogen) atoms. The molecule has 2 rings (SSSR count). The van der Waals surface area contributed by atoms with Gasteiger partial charge >= 0.3 is 5.97 Å². The van der Waals surface area contributed by atoms with Crippen molar-refractivity contribution < 1.29 is 14.3 Å². The summed E-state index contributed by atoms with van der Waals surface area (Å²) in [6, 6.07) is 6.44. The fourth-order valence-electron chi connectivity index (χ4n) is 1.91. The number of hydrogen-bond acceptors (Lipinski definition) is 3. The molecule has 94 valence electrons. The summed E-state index contributed by atoms with van der Waals surface area (Å²) in [5.41, 5.74) is 0.971.